The third-order valence-corrected chi connectivity index (χ3v) is 3.93. The van der Waals surface area contributed by atoms with Gasteiger partial charge in [0.05, 0.1) is 12.7 Å². The summed E-state index contributed by atoms with van der Waals surface area (Å²) in [5, 5.41) is 2.94. The largest absolute Gasteiger partial charge is 0.465 e. The minimum Gasteiger partial charge on any atom is -0.465 e. The fraction of sp³-hybridized carbons (Fsp3) is 0.529. The topological polar surface area (TPSA) is 81.4 Å². The Balaban J connectivity index is 2.44. The Morgan fingerprint density at radius 3 is 2.45 bits per heavy atom. The van der Waals surface area contributed by atoms with Crippen LogP contribution in [0.1, 0.15) is 32.6 Å². The maximum Gasteiger partial charge on any atom is 0.337 e. The molecule has 0 heterocycles. The highest BCUT2D eigenvalue weighted by atomic mass is 16.5. The maximum absolute atomic E-state index is 12.1. The lowest BCUT2D eigenvalue weighted by molar-refractivity contribution is -0.135. The van der Waals surface area contributed by atoms with E-state index >= 15 is 0 Å². The van der Waals surface area contributed by atoms with Crippen LogP contribution in [0.4, 0.5) is 0 Å². The molecule has 1 aliphatic rings. The summed E-state index contributed by atoms with van der Waals surface area (Å²) in [6, 6.07) is 0.238. The lowest BCUT2D eigenvalue weighted by atomic mass is 9.86. The molecule has 3 N–H and O–H groups in total. The second-order valence-electron chi connectivity index (χ2n) is 5.54. The number of hydrogen-bond acceptors (Lipinski definition) is 4. The van der Waals surface area contributed by atoms with Gasteiger partial charge in [-0.15, -0.1) is 0 Å². The van der Waals surface area contributed by atoms with Crippen LogP contribution < -0.4 is 11.1 Å². The molecular formula is C17H26N2O3. The number of hydrogen-bond donors (Lipinski definition) is 2. The van der Waals surface area contributed by atoms with Crippen LogP contribution in [-0.2, 0) is 14.3 Å². The molecule has 0 aliphatic heterocycles. The number of ether oxygens (including phenoxy) is 1. The fourth-order valence-corrected chi connectivity index (χ4v) is 2.38. The number of esters is 1. The summed E-state index contributed by atoms with van der Waals surface area (Å²) in [5.74, 6) is -0.326. The van der Waals surface area contributed by atoms with E-state index in [0.717, 1.165) is 31.3 Å². The predicted molar refractivity (Wildman–Crippen MR) is 87.0 cm³/mol. The summed E-state index contributed by atoms with van der Waals surface area (Å²) in [4.78, 5) is 23.4. The van der Waals surface area contributed by atoms with Crippen molar-refractivity contribution in [2.75, 3.05) is 13.7 Å². The third kappa shape index (κ3) is 5.85. The molecule has 1 rings (SSSR count). The third-order valence-electron chi connectivity index (χ3n) is 3.93. The van der Waals surface area contributed by atoms with Crippen molar-refractivity contribution in [3.63, 3.8) is 0 Å². The molecule has 0 aromatic heterocycles. The average Bonchev–Trinajstić information content (AvgIpc) is 2.54. The Bertz CT molecular complexity index is 472. The first-order chi connectivity index (χ1) is 10.5. The minimum atomic E-state index is -0.464. The van der Waals surface area contributed by atoms with Gasteiger partial charge >= 0.3 is 5.97 Å². The van der Waals surface area contributed by atoms with Gasteiger partial charge in [-0.25, -0.2) is 4.79 Å². The van der Waals surface area contributed by atoms with Gasteiger partial charge in [-0.1, -0.05) is 18.7 Å². The molecule has 1 aliphatic carbocycles. The number of carbonyl (C=O) groups is 2. The Morgan fingerprint density at radius 1 is 1.27 bits per heavy atom. The predicted octanol–water partition coefficient (Wildman–Crippen LogP) is 1.85. The monoisotopic (exact) mass is 306 g/mol. The summed E-state index contributed by atoms with van der Waals surface area (Å²) < 4.78 is 4.57. The van der Waals surface area contributed by atoms with E-state index in [-0.39, 0.29) is 23.4 Å². The number of nitrogens with two attached hydrogens (primary N) is 1. The van der Waals surface area contributed by atoms with E-state index in [1.54, 1.807) is 12.2 Å². The molecule has 0 bridgehead atoms. The number of amides is 1. The zero-order valence-electron chi connectivity index (χ0n) is 13.4. The molecular weight excluding hydrogens is 280 g/mol. The summed E-state index contributed by atoms with van der Waals surface area (Å²) >= 11 is 0. The lowest BCUT2D eigenvalue weighted by Crippen LogP contribution is -2.36. The van der Waals surface area contributed by atoms with Gasteiger partial charge < -0.3 is 15.8 Å². The van der Waals surface area contributed by atoms with Crippen LogP contribution in [-0.4, -0.2) is 31.6 Å². The van der Waals surface area contributed by atoms with Gasteiger partial charge in [-0.2, -0.15) is 0 Å². The van der Waals surface area contributed by atoms with Crippen molar-refractivity contribution in [3.8, 4) is 0 Å². The molecule has 0 atom stereocenters. The Kier molecular flexibility index (Phi) is 7.60. The molecule has 0 unspecified atom stereocenters. The second-order valence-corrected chi connectivity index (χ2v) is 5.54. The van der Waals surface area contributed by atoms with Crippen molar-refractivity contribution < 1.29 is 14.3 Å². The standard InChI is InChI=1S/C17H26N2O3/c1-4-13(6-5-12(2)17(21)22-3)11-19-16(20)14-7-9-15(18)10-8-14/h4-6,14-15H,2,7-11,18H2,1,3H3,(H,19,20)/b6-5-,13-4+/t14-,15+. The number of methoxy groups -OCH3 is 1. The zero-order valence-corrected chi connectivity index (χ0v) is 13.4. The van der Waals surface area contributed by atoms with E-state index in [1.165, 1.54) is 7.11 Å². The Hall–Kier alpha value is -1.88. The number of nitrogens with one attached hydrogen (secondary N) is 1. The molecule has 5 heteroatoms. The van der Waals surface area contributed by atoms with Gasteiger partial charge in [0, 0.05) is 18.5 Å². The molecule has 0 saturated heterocycles. The van der Waals surface area contributed by atoms with Gasteiger partial charge in [0.15, 0.2) is 0 Å². The molecule has 122 valence electrons. The first kappa shape index (κ1) is 18.2. The minimum absolute atomic E-state index is 0.0620. The van der Waals surface area contributed by atoms with Crippen LogP contribution in [0.2, 0.25) is 0 Å². The van der Waals surface area contributed by atoms with Crippen molar-refractivity contribution >= 4 is 11.9 Å². The van der Waals surface area contributed by atoms with Gasteiger partial charge in [-0.05, 0) is 44.3 Å². The van der Waals surface area contributed by atoms with E-state index in [4.69, 9.17) is 5.73 Å². The van der Waals surface area contributed by atoms with Crippen LogP contribution in [0.15, 0.2) is 36.0 Å². The highest BCUT2D eigenvalue weighted by Crippen LogP contribution is 2.23. The first-order valence-electron chi connectivity index (χ1n) is 7.61. The lowest BCUT2D eigenvalue weighted by Gasteiger charge is -2.25. The van der Waals surface area contributed by atoms with E-state index in [2.05, 4.69) is 16.6 Å². The van der Waals surface area contributed by atoms with Crippen molar-refractivity contribution in [1.29, 1.82) is 0 Å². The summed E-state index contributed by atoms with van der Waals surface area (Å²) in [5.41, 5.74) is 7.03. The molecule has 1 fully saturated rings. The second kappa shape index (κ2) is 9.20. The maximum atomic E-state index is 12.1. The fourth-order valence-electron chi connectivity index (χ4n) is 2.38. The Labute approximate surface area is 132 Å². The quantitative estimate of drug-likeness (QED) is 0.446. The smallest absolute Gasteiger partial charge is 0.337 e. The Morgan fingerprint density at radius 2 is 1.91 bits per heavy atom. The zero-order chi connectivity index (χ0) is 16.5. The summed E-state index contributed by atoms with van der Waals surface area (Å²) in [7, 11) is 1.31. The van der Waals surface area contributed by atoms with Crippen LogP contribution in [0.5, 0.6) is 0 Å². The molecule has 0 aromatic rings. The molecule has 5 nitrogen and oxygen atoms in total. The molecule has 1 saturated carbocycles. The molecule has 0 radical (unpaired) electrons. The van der Waals surface area contributed by atoms with E-state index in [9.17, 15) is 9.59 Å². The van der Waals surface area contributed by atoms with Crippen molar-refractivity contribution in [2.45, 2.75) is 38.6 Å². The summed E-state index contributed by atoms with van der Waals surface area (Å²) in [6.07, 6.45) is 8.77. The normalized spacial score (nSPS) is 22.4. The van der Waals surface area contributed by atoms with Crippen molar-refractivity contribution in [2.24, 2.45) is 11.7 Å². The molecule has 1 amide bonds. The van der Waals surface area contributed by atoms with Gasteiger partial charge in [0.2, 0.25) is 5.91 Å². The molecule has 0 aromatic carbocycles. The highest BCUT2D eigenvalue weighted by molar-refractivity contribution is 5.90. The van der Waals surface area contributed by atoms with Gasteiger partial charge in [0.25, 0.3) is 0 Å². The van der Waals surface area contributed by atoms with Crippen LogP contribution in [0, 0.1) is 5.92 Å². The first-order valence-corrected chi connectivity index (χ1v) is 7.61. The van der Waals surface area contributed by atoms with Crippen molar-refractivity contribution in [1.82, 2.24) is 5.32 Å². The summed E-state index contributed by atoms with van der Waals surface area (Å²) in [6.45, 7) is 5.93. The van der Waals surface area contributed by atoms with Crippen LogP contribution >= 0.6 is 0 Å². The number of rotatable bonds is 6. The number of allylic oxidation sites excluding steroid dienone is 1. The average molecular weight is 306 g/mol. The van der Waals surface area contributed by atoms with E-state index in [0.29, 0.717) is 6.54 Å². The highest BCUT2D eigenvalue weighted by Gasteiger charge is 2.24. The SMILES string of the molecule is C=C(/C=C\C(=C/C)CNC(=O)[C@H]1CC[C@@H](N)CC1)C(=O)OC. The molecule has 22 heavy (non-hydrogen) atoms. The number of carbonyl (C=O) groups excluding carboxylic acids is 2. The van der Waals surface area contributed by atoms with Gasteiger partial charge in [0.1, 0.15) is 0 Å². The molecule has 0 spiro atoms. The van der Waals surface area contributed by atoms with E-state index < -0.39 is 5.97 Å². The van der Waals surface area contributed by atoms with Crippen molar-refractivity contribution in [3.05, 3.63) is 36.0 Å². The van der Waals surface area contributed by atoms with Gasteiger partial charge in [-0.3, -0.25) is 4.79 Å². The van der Waals surface area contributed by atoms with Crippen LogP contribution in [0.25, 0.3) is 0 Å². The van der Waals surface area contributed by atoms with Crippen LogP contribution in [0.3, 0.4) is 0 Å². The van der Waals surface area contributed by atoms with E-state index in [1.807, 2.05) is 13.0 Å².